The minimum atomic E-state index is -0.184. The van der Waals surface area contributed by atoms with Crippen LogP contribution in [0.4, 0.5) is 0 Å². The highest BCUT2D eigenvalue weighted by atomic mass is 16.7. The van der Waals surface area contributed by atoms with Crippen LogP contribution < -0.4 is 29.0 Å². The molecule has 0 saturated carbocycles. The third kappa shape index (κ3) is 5.06. The third-order valence-corrected chi connectivity index (χ3v) is 4.97. The van der Waals surface area contributed by atoms with E-state index < -0.39 is 0 Å². The zero-order valence-electron chi connectivity index (χ0n) is 18.1. The number of rotatable bonds is 9. The van der Waals surface area contributed by atoms with Gasteiger partial charge in [-0.15, -0.1) is 0 Å². The van der Waals surface area contributed by atoms with Crippen molar-refractivity contribution in [1.29, 1.82) is 0 Å². The Hall–Kier alpha value is -3.87. The Kier molecular flexibility index (Phi) is 6.65. The van der Waals surface area contributed by atoms with E-state index in [9.17, 15) is 4.79 Å². The van der Waals surface area contributed by atoms with Crippen LogP contribution in [0.5, 0.6) is 28.7 Å². The van der Waals surface area contributed by atoms with E-state index in [0.717, 1.165) is 16.9 Å². The number of fused-ring (bicyclic) bond motifs is 1. The van der Waals surface area contributed by atoms with Gasteiger partial charge < -0.3 is 29.0 Å². The zero-order chi connectivity index (χ0) is 22.3. The summed E-state index contributed by atoms with van der Waals surface area (Å²) in [7, 11) is 1.62. The number of hydrogen-bond acceptors (Lipinski definition) is 6. The number of methoxy groups -OCH3 is 1. The van der Waals surface area contributed by atoms with Crippen molar-refractivity contribution in [2.45, 2.75) is 20.1 Å². The van der Waals surface area contributed by atoms with Crippen molar-refractivity contribution in [3.8, 4) is 28.7 Å². The average molecular weight is 435 g/mol. The predicted molar refractivity (Wildman–Crippen MR) is 119 cm³/mol. The Balaban J connectivity index is 1.42. The fraction of sp³-hybridized carbons (Fsp3) is 0.240. The quantitative estimate of drug-likeness (QED) is 0.539. The second-order valence-corrected chi connectivity index (χ2v) is 7.09. The van der Waals surface area contributed by atoms with Crippen LogP contribution >= 0.6 is 0 Å². The van der Waals surface area contributed by atoms with Crippen molar-refractivity contribution in [2.24, 2.45) is 0 Å². The number of amides is 1. The summed E-state index contributed by atoms with van der Waals surface area (Å²) in [5, 5.41) is 2.94. The molecule has 0 bridgehead atoms. The molecule has 1 aliphatic rings. The van der Waals surface area contributed by atoms with Crippen molar-refractivity contribution >= 4 is 5.91 Å². The maximum Gasteiger partial charge on any atom is 0.251 e. The molecule has 0 spiro atoms. The molecule has 3 aromatic carbocycles. The van der Waals surface area contributed by atoms with Gasteiger partial charge in [0, 0.05) is 17.7 Å². The molecule has 0 saturated heterocycles. The van der Waals surface area contributed by atoms with Crippen molar-refractivity contribution in [1.82, 2.24) is 5.32 Å². The minimum Gasteiger partial charge on any atom is -0.497 e. The molecule has 0 aliphatic carbocycles. The maximum absolute atomic E-state index is 12.8. The maximum atomic E-state index is 12.8. The van der Waals surface area contributed by atoms with Gasteiger partial charge in [-0.05, 0) is 67.1 Å². The molecular weight excluding hydrogens is 410 g/mol. The van der Waals surface area contributed by atoms with Crippen molar-refractivity contribution in [3.63, 3.8) is 0 Å². The highest BCUT2D eigenvalue weighted by Crippen LogP contribution is 2.32. The first-order valence-corrected chi connectivity index (χ1v) is 10.4. The summed E-state index contributed by atoms with van der Waals surface area (Å²) >= 11 is 0. The van der Waals surface area contributed by atoms with Crippen LogP contribution in [0.2, 0.25) is 0 Å². The van der Waals surface area contributed by atoms with Gasteiger partial charge in [-0.1, -0.05) is 6.07 Å². The third-order valence-electron chi connectivity index (χ3n) is 4.97. The van der Waals surface area contributed by atoms with Crippen molar-refractivity contribution in [3.05, 3.63) is 77.4 Å². The Labute approximate surface area is 186 Å². The molecule has 0 fully saturated rings. The van der Waals surface area contributed by atoms with Crippen LogP contribution in [0, 0.1) is 0 Å². The molecule has 4 rings (SSSR count). The number of nitrogens with one attached hydrogen (secondary N) is 1. The van der Waals surface area contributed by atoms with E-state index in [-0.39, 0.29) is 19.3 Å². The average Bonchev–Trinajstić information content (AvgIpc) is 3.30. The van der Waals surface area contributed by atoms with E-state index in [1.54, 1.807) is 25.3 Å². The number of hydrogen-bond donors (Lipinski definition) is 1. The molecule has 0 radical (unpaired) electrons. The van der Waals surface area contributed by atoms with Crippen LogP contribution in [0.15, 0.2) is 60.7 Å². The second kappa shape index (κ2) is 9.96. The monoisotopic (exact) mass is 435 g/mol. The Morgan fingerprint density at radius 1 is 0.938 bits per heavy atom. The summed E-state index contributed by atoms with van der Waals surface area (Å²) in [6.07, 6.45) is 0. The van der Waals surface area contributed by atoms with Crippen molar-refractivity contribution < 1.29 is 28.5 Å². The molecule has 1 aliphatic heterocycles. The fourth-order valence-corrected chi connectivity index (χ4v) is 3.30. The lowest BCUT2D eigenvalue weighted by atomic mass is 10.1. The normalized spacial score (nSPS) is 11.7. The van der Waals surface area contributed by atoms with Gasteiger partial charge in [-0.2, -0.15) is 0 Å². The lowest BCUT2D eigenvalue weighted by Gasteiger charge is -2.14. The smallest absolute Gasteiger partial charge is 0.251 e. The minimum absolute atomic E-state index is 0.184. The predicted octanol–water partition coefficient (Wildman–Crippen LogP) is 4.33. The van der Waals surface area contributed by atoms with Gasteiger partial charge in [0.2, 0.25) is 6.79 Å². The van der Waals surface area contributed by atoms with Gasteiger partial charge >= 0.3 is 0 Å². The van der Waals surface area contributed by atoms with E-state index in [1.165, 1.54) is 0 Å². The van der Waals surface area contributed by atoms with E-state index in [0.29, 0.717) is 41.7 Å². The molecule has 0 unspecified atom stereocenters. The zero-order valence-corrected chi connectivity index (χ0v) is 18.1. The molecule has 1 N–H and O–H groups in total. The molecule has 7 heteroatoms. The van der Waals surface area contributed by atoms with Gasteiger partial charge in [-0.3, -0.25) is 4.79 Å². The van der Waals surface area contributed by atoms with Crippen LogP contribution in [0.25, 0.3) is 0 Å². The highest BCUT2D eigenvalue weighted by Gasteiger charge is 2.15. The number of benzene rings is 3. The van der Waals surface area contributed by atoms with Gasteiger partial charge in [0.1, 0.15) is 23.9 Å². The van der Waals surface area contributed by atoms with Gasteiger partial charge in [0.25, 0.3) is 5.91 Å². The fourth-order valence-electron chi connectivity index (χ4n) is 3.30. The summed E-state index contributed by atoms with van der Waals surface area (Å²) in [5.74, 6) is 3.37. The van der Waals surface area contributed by atoms with E-state index in [4.69, 9.17) is 23.7 Å². The van der Waals surface area contributed by atoms with Crippen LogP contribution in [0.1, 0.15) is 28.4 Å². The SMILES string of the molecule is CCOc1ccc(C(=O)NCc2ccc3c(c2)OCO3)cc1COc1ccc(OC)cc1. The Morgan fingerprint density at radius 3 is 2.50 bits per heavy atom. The molecule has 1 amide bonds. The first kappa shape index (κ1) is 21.4. The molecule has 1 heterocycles. The summed E-state index contributed by atoms with van der Waals surface area (Å²) in [4.78, 5) is 12.8. The number of ether oxygens (including phenoxy) is 5. The lowest BCUT2D eigenvalue weighted by molar-refractivity contribution is 0.0950. The number of carbonyl (C=O) groups excluding carboxylic acids is 1. The molecule has 0 atom stereocenters. The van der Waals surface area contributed by atoms with E-state index >= 15 is 0 Å². The first-order valence-electron chi connectivity index (χ1n) is 10.4. The van der Waals surface area contributed by atoms with Crippen molar-refractivity contribution in [2.75, 3.05) is 20.5 Å². The summed E-state index contributed by atoms with van der Waals surface area (Å²) < 4.78 is 27.5. The van der Waals surface area contributed by atoms with Gasteiger partial charge in [0.15, 0.2) is 11.5 Å². The van der Waals surface area contributed by atoms with E-state index in [2.05, 4.69) is 5.32 Å². The molecule has 0 aromatic heterocycles. The Bertz CT molecular complexity index is 1080. The standard InChI is InChI=1S/C25H25NO6/c1-3-29-22-11-5-18(13-19(22)15-30-21-8-6-20(28-2)7-9-21)25(27)26-14-17-4-10-23-24(12-17)32-16-31-23/h4-13H,3,14-16H2,1-2H3,(H,26,27). The van der Waals surface area contributed by atoms with Crippen LogP contribution in [0.3, 0.4) is 0 Å². The molecule has 3 aromatic rings. The molecule has 32 heavy (non-hydrogen) atoms. The first-order chi connectivity index (χ1) is 15.7. The Morgan fingerprint density at radius 2 is 1.72 bits per heavy atom. The summed E-state index contributed by atoms with van der Waals surface area (Å²) in [6.45, 7) is 3.30. The highest BCUT2D eigenvalue weighted by molar-refractivity contribution is 5.94. The molecule has 7 nitrogen and oxygen atoms in total. The van der Waals surface area contributed by atoms with Crippen LogP contribution in [-0.4, -0.2) is 26.4 Å². The summed E-state index contributed by atoms with van der Waals surface area (Å²) in [6, 6.07) is 18.3. The van der Waals surface area contributed by atoms with Gasteiger partial charge in [0.05, 0.1) is 13.7 Å². The van der Waals surface area contributed by atoms with Crippen LogP contribution in [-0.2, 0) is 13.2 Å². The summed E-state index contributed by atoms with van der Waals surface area (Å²) in [5.41, 5.74) is 2.25. The largest absolute Gasteiger partial charge is 0.497 e. The van der Waals surface area contributed by atoms with E-state index in [1.807, 2.05) is 49.4 Å². The topological polar surface area (TPSA) is 75.3 Å². The number of carbonyl (C=O) groups is 1. The van der Waals surface area contributed by atoms with Gasteiger partial charge in [-0.25, -0.2) is 0 Å². The lowest BCUT2D eigenvalue weighted by Crippen LogP contribution is -2.23. The second-order valence-electron chi connectivity index (χ2n) is 7.09. The molecule has 166 valence electrons. The molecular formula is C25H25NO6.